The minimum absolute atomic E-state index is 0.130. The zero-order chi connectivity index (χ0) is 21.4. The van der Waals surface area contributed by atoms with Crippen LogP contribution in [0.15, 0.2) is 0 Å². The van der Waals surface area contributed by atoms with Crippen LogP contribution in [-0.2, 0) is 38.5 Å². The molecule has 5 fully saturated rings. The minimum atomic E-state index is -3.61. The summed E-state index contributed by atoms with van der Waals surface area (Å²) in [4.78, 5) is 0. The fourth-order valence-corrected chi connectivity index (χ4v) is 5.68. The van der Waals surface area contributed by atoms with E-state index in [0.29, 0.717) is 0 Å². The van der Waals surface area contributed by atoms with Crippen LogP contribution in [0.1, 0.15) is 57.8 Å². The van der Waals surface area contributed by atoms with Crippen molar-refractivity contribution < 1.29 is 39.6 Å². The van der Waals surface area contributed by atoms with Crippen molar-refractivity contribution in [1.29, 1.82) is 0 Å². The molecule has 2 heterocycles. The van der Waals surface area contributed by atoms with Crippen molar-refractivity contribution in [2.75, 3.05) is 5.34 Å². The molecule has 9 nitrogen and oxygen atoms in total. The van der Waals surface area contributed by atoms with Crippen molar-refractivity contribution in [3.05, 3.63) is 0 Å². The van der Waals surface area contributed by atoms with Gasteiger partial charge in [0.15, 0.2) is 0 Å². The number of rotatable bonds is 0. The minimum Gasteiger partial charge on any atom is -0.390 e. The van der Waals surface area contributed by atoms with Gasteiger partial charge in [-0.05, 0) is 57.8 Å². The molecule has 0 radical (unpaired) electrons. The van der Waals surface area contributed by atoms with E-state index < -0.39 is 34.0 Å². The zero-order valence-electron chi connectivity index (χ0n) is 15.9. The van der Waals surface area contributed by atoms with Crippen LogP contribution in [0.25, 0.3) is 0 Å². The average molecular weight is 499 g/mol. The van der Waals surface area contributed by atoms with Gasteiger partial charge < -0.3 is 10.2 Å². The van der Waals surface area contributed by atoms with Gasteiger partial charge in [0, 0.05) is 0 Å². The van der Waals surface area contributed by atoms with Gasteiger partial charge in [-0.15, -0.1) is 23.2 Å². The Bertz CT molecular complexity index is 582. The molecule has 2 N–H and O–H groups in total. The lowest BCUT2D eigenvalue weighted by Crippen LogP contribution is -2.17. The Morgan fingerprint density at radius 1 is 0.759 bits per heavy atom. The van der Waals surface area contributed by atoms with Gasteiger partial charge in [-0.3, -0.25) is 8.37 Å². The van der Waals surface area contributed by atoms with Gasteiger partial charge in [0.2, 0.25) is 0 Å². The van der Waals surface area contributed by atoms with E-state index in [1.807, 2.05) is 0 Å². The van der Waals surface area contributed by atoms with Gasteiger partial charge in [-0.2, -0.15) is 12.6 Å². The van der Waals surface area contributed by atoms with E-state index >= 15 is 0 Å². The predicted octanol–water partition coefficient (Wildman–Crippen LogP) is 2.05. The standard InChI is InChI=1S/C5H8O4S.C5H8O3S.C5H10O2.CH2Cl2/c6-10(7)8-4-2-1-3-5(4)9-10;6-9-7-4-2-1-3-5(4)8-9;6-4-2-1-3-5(4)7;2-1-3/h4-5H,1-3H2;4-5H,1-3H2;4-7H,1-3H2;1H2. The molecular formula is C16H28Cl2O9S2. The van der Waals surface area contributed by atoms with Crippen molar-refractivity contribution in [2.24, 2.45) is 0 Å². The molecular weight excluding hydrogens is 471 g/mol. The molecule has 0 amide bonds. The fraction of sp³-hybridized carbons (Fsp3) is 1.00. The Morgan fingerprint density at radius 3 is 1.45 bits per heavy atom. The zero-order valence-corrected chi connectivity index (χ0v) is 19.0. The highest BCUT2D eigenvalue weighted by atomic mass is 35.5. The number of aliphatic hydroxyl groups is 2. The fourth-order valence-electron chi connectivity index (χ4n) is 3.70. The first-order valence-electron chi connectivity index (χ1n) is 9.61. The highest BCUT2D eigenvalue weighted by Crippen LogP contribution is 2.33. The summed E-state index contributed by atoms with van der Waals surface area (Å²) in [6.45, 7) is 0. The largest absolute Gasteiger partial charge is 0.400 e. The van der Waals surface area contributed by atoms with Gasteiger partial charge >= 0.3 is 21.8 Å². The quantitative estimate of drug-likeness (QED) is 0.481. The van der Waals surface area contributed by atoms with Crippen molar-refractivity contribution in [3.8, 4) is 0 Å². The molecule has 0 aromatic rings. The topological polar surface area (TPSA) is 129 Å². The van der Waals surface area contributed by atoms with Crippen LogP contribution < -0.4 is 0 Å². The molecule has 3 aliphatic carbocycles. The molecule has 6 atom stereocenters. The van der Waals surface area contributed by atoms with Crippen LogP contribution in [0, 0.1) is 0 Å². The Kier molecular flexibility index (Phi) is 11.1. The van der Waals surface area contributed by atoms with Crippen molar-refractivity contribution >= 4 is 45.0 Å². The summed E-state index contributed by atoms with van der Waals surface area (Å²) >= 11 is 8.10. The van der Waals surface area contributed by atoms with Crippen LogP contribution in [-0.4, -0.2) is 64.8 Å². The molecule has 0 bridgehead atoms. The molecule has 13 heteroatoms. The molecule has 29 heavy (non-hydrogen) atoms. The van der Waals surface area contributed by atoms with Crippen molar-refractivity contribution in [1.82, 2.24) is 0 Å². The third kappa shape index (κ3) is 8.47. The third-order valence-electron chi connectivity index (χ3n) is 5.12. The Labute approximate surface area is 184 Å². The van der Waals surface area contributed by atoms with Crippen LogP contribution in [0.5, 0.6) is 0 Å². The van der Waals surface area contributed by atoms with Crippen LogP contribution in [0.2, 0.25) is 0 Å². The predicted molar refractivity (Wildman–Crippen MR) is 107 cm³/mol. The lowest BCUT2D eigenvalue weighted by Gasteiger charge is -2.03. The number of aliphatic hydroxyl groups excluding tert-OH is 2. The first-order chi connectivity index (χ1) is 13.8. The normalized spacial score (nSPS) is 41.2. The number of halogens is 2. The van der Waals surface area contributed by atoms with Gasteiger partial charge in [-0.25, -0.2) is 8.37 Å². The summed E-state index contributed by atoms with van der Waals surface area (Å²) in [6.07, 6.45) is 7.34. The van der Waals surface area contributed by atoms with Gasteiger partial charge in [0.1, 0.15) is 24.4 Å². The van der Waals surface area contributed by atoms with Crippen LogP contribution >= 0.6 is 23.2 Å². The maximum atomic E-state index is 10.6. The monoisotopic (exact) mass is 498 g/mol. The number of alkyl halides is 2. The van der Waals surface area contributed by atoms with E-state index in [4.69, 9.17) is 41.8 Å². The summed E-state index contributed by atoms with van der Waals surface area (Å²) in [5, 5.41) is 17.7. The second kappa shape index (κ2) is 12.5. The van der Waals surface area contributed by atoms with Crippen LogP contribution in [0.3, 0.4) is 0 Å². The van der Waals surface area contributed by atoms with E-state index in [-0.39, 0.29) is 29.8 Å². The summed E-state index contributed by atoms with van der Waals surface area (Å²) in [6, 6.07) is 0. The summed E-state index contributed by atoms with van der Waals surface area (Å²) < 4.78 is 50.8. The molecule has 6 unspecified atom stereocenters. The molecule has 3 saturated carbocycles. The molecule has 2 aliphatic heterocycles. The molecule has 5 rings (SSSR count). The molecule has 0 aromatic carbocycles. The summed E-state index contributed by atoms with van der Waals surface area (Å²) in [5.74, 6) is 0. The molecule has 172 valence electrons. The maximum absolute atomic E-state index is 10.6. The highest BCUT2D eigenvalue weighted by Gasteiger charge is 2.43. The Hall–Kier alpha value is 0.440. The average Bonchev–Trinajstić information content (AvgIpc) is 3.40. The van der Waals surface area contributed by atoms with Crippen LogP contribution in [0.4, 0.5) is 0 Å². The van der Waals surface area contributed by atoms with Gasteiger partial charge in [-0.1, -0.05) is 0 Å². The van der Waals surface area contributed by atoms with E-state index in [1.165, 1.54) is 0 Å². The molecule has 0 spiro atoms. The first-order valence-corrected chi connectivity index (χ1v) is 13.0. The van der Waals surface area contributed by atoms with E-state index in [0.717, 1.165) is 57.8 Å². The van der Waals surface area contributed by atoms with E-state index in [1.54, 1.807) is 0 Å². The molecule has 2 saturated heterocycles. The second-order valence-corrected chi connectivity index (χ2v) is 9.98. The highest BCUT2D eigenvalue weighted by molar-refractivity contribution is 7.82. The number of hydrogen-bond acceptors (Lipinski definition) is 9. The molecule has 5 aliphatic rings. The molecule has 0 aromatic heterocycles. The summed E-state index contributed by atoms with van der Waals surface area (Å²) in [7, 11) is -3.61. The van der Waals surface area contributed by atoms with E-state index in [9.17, 15) is 12.6 Å². The lowest BCUT2D eigenvalue weighted by atomic mass is 10.3. The first kappa shape index (κ1) is 25.7. The summed E-state index contributed by atoms with van der Waals surface area (Å²) in [5.41, 5.74) is 0. The van der Waals surface area contributed by atoms with E-state index in [2.05, 4.69) is 8.37 Å². The smallest absolute Gasteiger partial charge is 0.390 e. The van der Waals surface area contributed by atoms with Crippen molar-refractivity contribution in [2.45, 2.75) is 94.4 Å². The second-order valence-electron chi connectivity index (χ2n) is 7.18. The Balaban J connectivity index is 0.000000147. The SMILES string of the molecule is ClCCl.O=S1(=O)OC2CCCC2O1.O=S1OC2CCCC2O1.OC1CCCC1O. The number of fused-ring (bicyclic) bond motifs is 2. The van der Waals surface area contributed by atoms with Crippen molar-refractivity contribution in [3.63, 3.8) is 0 Å². The maximum Gasteiger partial charge on any atom is 0.400 e. The van der Waals surface area contributed by atoms with Gasteiger partial charge in [0.05, 0.1) is 17.5 Å². The van der Waals surface area contributed by atoms with Gasteiger partial charge in [0.25, 0.3) is 0 Å². The lowest BCUT2D eigenvalue weighted by molar-refractivity contribution is 0.0438. The Morgan fingerprint density at radius 2 is 1.10 bits per heavy atom. The third-order valence-corrected chi connectivity index (χ3v) is 6.89. The number of hydrogen-bond donors (Lipinski definition) is 2.